The number of amides is 1. The zero-order valence-electron chi connectivity index (χ0n) is 16.7. The molecule has 1 aromatic carbocycles. The first-order valence-corrected chi connectivity index (χ1v) is 11.3. The van der Waals surface area contributed by atoms with Crippen LogP contribution in [0, 0.1) is 12.8 Å². The van der Waals surface area contributed by atoms with Crippen LogP contribution in [0.15, 0.2) is 23.1 Å². The van der Waals surface area contributed by atoms with Crippen molar-refractivity contribution in [1.82, 2.24) is 4.31 Å². The quantitative estimate of drug-likeness (QED) is 0.826. The fourth-order valence-electron chi connectivity index (χ4n) is 4.70. The first kappa shape index (κ1) is 19.8. The number of hydrogen-bond donors (Lipinski definition) is 1. The number of benzene rings is 1. The molecule has 0 unspecified atom stereocenters. The SMILES string of the molecule is Cc1ccc(NC(=O)[C@@H]2C[C@@]3(C)CC[C@]2(C)O3)cc1S(=O)(=O)N1CCOCC1. The molecule has 1 aromatic rings. The summed E-state index contributed by atoms with van der Waals surface area (Å²) >= 11 is 0. The van der Waals surface area contributed by atoms with Gasteiger partial charge in [0.05, 0.1) is 35.2 Å². The van der Waals surface area contributed by atoms with Crippen LogP contribution in [0.2, 0.25) is 0 Å². The van der Waals surface area contributed by atoms with Crippen LogP contribution in [0.1, 0.15) is 38.7 Å². The van der Waals surface area contributed by atoms with Crippen LogP contribution >= 0.6 is 0 Å². The summed E-state index contributed by atoms with van der Waals surface area (Å²) in [5.74, 6) is -0.337. The zero-order valence-corrected chi connectivity index (χ0v) is 17.5. The molecule has 1 amide bonds. The number of morpholine rings is 1. The lowest BCUT2D eigenvalue weighted by Crippen LogP contribution is -2.41. The van der Waals surface area contributed by atoms with E-state index in [1.54, 1.807) is 25.1 Å². The number of carbonyl (C=O) groups is 1. The Morgan fingerprint density at radius 2 is 1.93 bits per heavy atom. The molecular weight excluding hydrogens is 380 g/mol. The second-order valence-corrected chi connectivity index (χ2v) is 10.5. The van der Waals surface area contributed by atoms with Crippen molar-refractivity contribution in [2.24, 2.45) is 5.92 Å². The summed E-state index contributed by atoms with van der Waals surface area (Å²) in [5, 5.41) is 2.93. The average Bonchev–Trinajstić information content (AvgIpc) is 3.12. The highest BCUT2D eigenvalue weighted by Crippen LogP contribution is 2.54. The first-order chi connectivity index (χ1) is 13.1. The van der Waals surface area contributed by atoms with Gasteiger partial charge >= 0.3 is 0 Å². The Hall–Kier alpha value is -1.48. The maximum atomic E-state index is 13.0. The lowest BCUT2D eigenvalue weighted by molar-refractivity contribution is -0.124. The molecule has 0 aliphatic carbocycles. The van der Waals surface area contributed by atoms with E-state index in [0.29, 0.717) is 44.0 Å². The molecule has 3 heterocycles. The summed E-state index contributed by atoms with van der Waals surface area (Å²) < 4.78 is 38.9. The van der Waals surface area contributed by atoms with Gasteiger partial charge in [0.2, 0.25) is 15.9 Å². The number of sulfonamides is 1. The van der Waals surface area contributed by atoms with Crippen LogP contribution in [0.25, 0.3) is 0 Å². The molecule has 154 valence electrons. The molecule has 1 N–H and O–H groups in total. The molecule has 28 heavy (non-hydrogen) atoms. The summed E-state index contributed by atoms with van der Waals surface area (Å²) in [7, 11) is -3.62. The molecule has 8 heteroatoms. The van der Waals surface area contributed by atoms with Crippen LogP contribution in [0.3, 0.4) is 0 Å². The predicted octanol–water partition coefficient (Wildman–Crippen LogP) is 2.30. The van der Waals surface area contributed by atoms with Crippen LogP contribution in [0.4, 0.5) is 5.69 Å². The normalized spacial score (nSPS) is 33.2. The van der Waals surface area contributed by atoms with E-state index in [4.69, 9.17) is 9.47 Å². The number of carbonyl (C=O) groups excluding carboxylic acids is 1. The molecule has 3 aliphatic rings. The van der Waals surface area contributed by atoms with Crippen molar-refractivity contribution in [3.63, 3.8) is 0 Å². The minimum atomic E-state index is -3.62. The van der Waals surface area contributed by atoms with E-state index >= 15 is 0 Å². The maximum absolute atomic E-state index is 13.0. The molecule has 3 saturated heterocycles. The molecule has 3 atom stereocenters. The number of rotatable bonds is 4. The number of fused-ring (bicyclic) bond motifs is 2. The monoisotopic (exact) mass is 408 g/mol. The number of hydrogen-bond acceptors (Lipinski definition) is 5. The van der Waals surface area contributed by atoms with E-state index in [1.165, 1.54) is 4.31 Å². The maximum Gasteiger partial charge on any atom is 0.243 e. The lowest BCUT2D eigenvalue weighted by atomic mass is 9.75. The summed E-state index contributed by atoms with van der Waals surface area (Å²) in [6.07, 6.45) is 2.53. The van der Waals surface area contributed by atoms with Gasteiger partial charge in [-0.05, 0) is 57.7 Å². The van der Waals surface area contributed by atoms with Crippen LogP contribution in [0.5, 0.6) is 0 Å². The highest BCUT2D eigenvalue weighted by atomic mass is 32.2. The van der Waals surface area contributed by atoms with E-state index in [9.17, 15) is 13.2 Å². The van der Waals surface area contributed by atoms with Crippen molar-refractivity contribution in [1.29, 1.82) is 0 Å². The van der Waals surface area contributed by atoms with Crippen LogP contribution < -0.4 is 5.32 Å². The molecule has 4 rings (SSSR count). The Labute approximate surface area is 166 Å². The summed E-state index contributed by atoms with van der Waals surface area (Å²) in [6, 6.07) is 5.06. The minimum absolute atomic E-state index is 0.107. The summed E-state index contributed by atoms with van der Waals surface area (Å²) in [6.45, 7) is 7.30. The van der Waals surface area contributed by atoms with Crippen molar-refractivity contribution in [2.75, 3.05) is 31.6 Å². The fourth-order valence-corrected chi connectivity index (χ4v) is 6.35. The molecule has 0 saturated carbocycles. The molecule has 7 nitrogen and oxygen atoms in total. The van der Waals surface area contributed by atoms with Gasteiger partial charge in [0, 0.05) is 18.8 Å². The Kier molecular flexibility index (Phi) is 4.81. The number of anilines is 1. The molecule has 0 aromatic heterocycles. The Morgan fingerprint density at radius 3 is 2.54 bits per heavy atom. The lowest BCUT2D eigenvalue weighted by Gasteiger charge is -2.28. The van der Waals surface area contributed by atoms with Crippen molar-refractivity contribution in [3.8, 4) is 0 Å². The third-order valence-electron chi connectivity index (χ3n) is 6.36. The van der Waals surface area contributed by atoms with Crippen molar-refractivity contribution >= 4 is 21.6 Å². The van der Waals surface area contributed by atoms with E-state index < -0.39 is 15.6 Å². The van der Waals surface area contributed by atoms with E-state index in [2.05, 4.69) is 12.2 Å². The zero-order chi connectivity index (χ0) is 20.2. The van der Waals surface area contributed by atoms with Gasteiger partial charge in [-0.3, -0.25) is 4.79 Å². The third-order valence-corrected chi connectivity index (χ3v) is 8.40. The standard InChI is InChI=1S/C20H28N2O5S/c1-14-4-5-15(12-17(14)28(24,25)22-8-10-26-11-9-22)21-18(23)16-13-19(2)6-7-20(16,3)27-19/h4-5,12,16H,6-11,13H2,1-3H3,(H,21,23)/t16-,19+,20-/m0/s1. The van der Waals surface area contributed by atoms with Crippen LogP contribution in [-0.2, 0) is 24.3 Å². The summed E-state index contributed by atoms with van der Waals surface area (Å²) in [5.41, 5.74) is 0.493. The average molecular weight is 409 g/mol. The highest BCUT2D eigenvalue weighted by Gasteiger charge is 2.59. The van der Waals surface area contributed by atoms with Gasteiger partial charge in [0.15, 0.2) is 0 Å². The van der Waals surface area contributed by atoms with E-state index in [1.807, 2.05) is 6.92 Å². The topological polar surface area (TPSA) is 84.9 Å². The van der Waals surface area contributed by atoms with E-state index in [0.717, 1.165) is 12.8 Å². The van der Waals surface area contributed by atoms with Crippen molar-refractivity contribution in [3.05, 3.63) is 23.8 Å². The van der Waals surface area contributed by atoms with Gasteiger partial charge in [0.25, 0.3) is 0 Å². The van der Waals surface area contributed by atoms with Gasteiger partial charge < -0.3 is 14.8 Å². The Bertz CT molecular complexity index is 896. The smallest absolute Gasteiger partial charge is 0.243 e. The van der Waals surface area contributed by atoms with Crippen molar-refractivity contribution in [2.45, 2.75) is 56.1 Å². The highest BCUT2D eigenvalue weighted by molar-refractivity contribution is 7.89. The first-order valence-electron chi connectivity index (χ1n) is 9.83. The van der Waals surface area contributed by atoms with Gasteiger partial charge in [-0.1, -0.05) is 6.07 Å². The molecular formula is C20H28N2O5S. The number of aryl methyl sites for hydroxylation is 1. The Morgan fingerprint density at radius 1 is 1.21 bits per heavy atom. The Balaban J connectivity index is 1.55. The summed E-state index contributed by atoms with van der Waals surface area (Å²) in [4.78, 5) is 13.2. The van der Waals surface area contributed by atoms with Gasteiger partial charge in [-0.25, -0.2) is 8.42 Å². The van der Waals surface area contributed by atoms with E-state index in [-0.39, 0.29) is 22.3 Å². The molecule has 2 bridgehead atoms. The third kappa shape index (κ3) is 3.36. The second kappa shape index (κ2) is 6.79. The van der Waals surface area contributed by atoms with Crippen molar-refractivity contribution < 1.29 is 22.7 Å². The number of nitrogens with zero attached hydrogens (tertiary/aromatic N) is 1. The molecule has 3 fully saturated rings. The molecule has 0 radical (unpaired) electrons. The van der Waals surface area contributed by atoms with Gasteiger partial charge in [0.1, 0.15) is 0 Å². The minimum Gasteiger partial charge on any atom is -0.379 e. The number of nitrogens with one attached hydrogen (secondary N) is 1. The molecule has 3 aliphatic heterocycles. The van der Waals surface area contributed by atoms with Gasteiger partial charge in [-0.2, -0.15) is 4.31 Å². The van der Waals surface area contributed by atoms with Crippen LogP contribution in [-0.4, -0.2) is 56.1 Å². The second-order valence-electron chi connectivity index (χ2n) is 8.61. The predicted molar refractivity (Wildman–Crippen MR) is 105 cm³/mol. The molecule has 0 spiro atoms. The number of ether oxygens (including phenoxy) is 2. The van der Waals surface area contributed by atoms with Gasteiger partial charge in [-0.15, -0.1) is 0 Å². The fraction of sp³-hybridized carbons (Fsp3) is 0.650. The largest absolute Gasteiger partial charge is 0.379 e.